The van der Waals surface area contributed by atoms with Crippen molar-refractivity contribution in [3.05, 3.63) is 41.3 Å². The van der Waals surface area contributed by atoms with Gasteiger partial charge in [-0.3, -0.25) is 19.1 Å². The van der Waals surface area contributed by atoms with E-state index >= 15 is 0 Å². The molecule has 0 saturated carbocycles. The van der Waals surface area contributed by atoms with Gasteiger partial charge in [0.2, 0.25) is 6.41 Å². The topological polar surface area (TPSA) is 114 Å². The molecule has 0 spiro atoms. The molecule has 0 unspecified atom stereocenters. The molecule has 0 radical (unpaired) electrons. The second-order valence-electron chi connectivity index (χ2n) is 8.27. The van der Waals surface area contributed by atoms with E-state index in [9.17, 15) is 14.2 Å². The van der Waals surface area contributed by atoms with Crippen molar-refractivity contribution in [3.63, 3.8) is 0 Å². The minimum atomic E-state index is -3.16. The number of aromatic amines is 1. The standard InChI is InChI=1S/C26H37N4O6P/c1-6-17-29(4)26(32)24-25(28-23(27-24)16-13-21-11-14-22(34-5)15-12-21)30(20-31)18-9-10-19-37(33,35-7-2)36-8-3/h1,11-12,14-15,20H,7-10,13,16-19H2,2-5H3,(H,27,28). The zero-order valence-electron chi connectivity index (χ0n) is 22.1. The number of carbonyl (C=O) groups excluding carboxylic acids is 2. The Bertz CT molecular complexity index is 1090. The average molecular weight is 533 g/mol. The summed E-state index contributed by atoms with van der Waals surface area (Å²) in [4.78, 5) is 35.5. The number of benzene rings is 1. The summed E-state index contributed by atoms with van der Waals surface area (Å²) in [5, 5.41) is 0. The predicted octanol–water partition coefficient (Wildman–Crippen LogP) is 3.92. The van der Waals surface area contributed by atoms with Crippen LogP contribution in [0.25, 0.3) is 0 Å². The van der Waals surface area contributed by atoms with Gasteiger partial charge in [0.05, 0.1) is 33.0 Å². The first-order valence-corrected chi connectivity index (χ1v) is 14.0. The Morgan fingerprint density at radius 2 is 1.84 bits per heavy atom. The summed E-state index contributed by atoms with van der Waals surface area (Å²) in [5.41, 5.74) is 1.28. The fraction of sp³-hybridized carbons (Fsp3) is 0.500. The van der Waals surface area contributed by atoms with Crippen molar-refractivity contribution in [1.29, 1.82) is 0 Å². The maximum atomic E-state index is 13.1. The van der Waals surface area contributed by atoms with E-state index in [1.165, 1.54) is 9.80 Å². The minimum Gasteiger partial charge on any atom is -0.497 e. The molecule has 0 aliphatic heterocycles. The fourth-order valence-corrected chi connectivity index (χ4v) is 5.43. The number of aryl methyl sites for hydroxylation is 2. The highest BCUT2D eigenvalue weighted by atomic mass is 31.2. The number of H-pyrrole nitrogens is 1. The maximum absolute atomic E-state index is 13.1. The smallest absolute Gasteiger partial charge is 0.330 e. The number of terminal acetylenes is 1. The molecule has 2 rings (SSSR count). The SMILES string of the molecule is C#CCN(C)C(=O)c1[nH]c(CCc2ccc(OC)cc2)nc1N(C=O)CCCCP(=O)(OCC)OCC. The Morgan fingerprint density at radius 3 is 2.41 bits per heavy atom. The molecule has 0 saturated heterocycles. The van der Waals surface area contributed by atoms with Crippen LogP contribution in [0.2, 0.25) is 0 Å². The van der Waals surface area contributed by atoms with Crippen LogP contribution in [0.4, 0.5) is 5.82 Å². The van der Waals surface area contributed by atoms with Crippen LogP contribution in [-0.4, -0.2) is 73.8 Å². The van der Waals surface area contributed by atoms with Crippen LogP contribution in [0.1, 0.15) is 48.6 Å². The number of hydrogen-bond acceptors (Lipinski definition) is 7. The number of nitrogens with zero attached hydrogens (tertiary/aromatic N) is 3. The second kappa shape index (κ2) is 15.2. The summed E-state index contributed by atoms with van der Waals surface area (Å²) in [7, 11) is 0.0456. The number of amides is 2. The van der Waals surface area contributed by atoms with E-state index in [0.717, 1.165) is 11.3 Å². The van der Waals surface area contributed by atoms with E-state index in [1.54, 1.807) is 28.0 Å². The third kappa shape index (κ3) is 9.04. The highest BCUT2D eigenvalue weighted by Gasteiger charge is 2.26. The van der Waals surface area contributed by atoms with Gasteiger partial charge in [0, 0.05) is 20.0 Å². The van der Waals surface area contributed by atoms with E-state index in [4.69, 9.17) is 20.2 Å². The Balaban J connectivity index is 2.17. The van der Waals surface area contributed by atoms with Crippen molar-refractivity contribution in [2.24, 2.45) is 0 Å². The Kier molecular flexibility index (Phi) is 12.4. The molecule has 2 amide bonds. The van der Waals surface area contributed by atoms with Gasteiger partial charge >= 0.3 is 7.60 Å². The third-order valence-corrected chi connectivity index (χ3v) is 7.73. The largest absolute Gasteiger partial charge is 0.497 e. The van der Waals surface area contributed by atoms with Crippen molar-refractivity contribution < 1.29 is 27.9 Å². The van der Waals surface area contributed by atoms with E-state index in [0.29, 0.717) is 51.1 Å². The highest BCUT2D eigenvalue weighted by molar-refractivity contribution is 7.53. The van der Waals surface area contributed by atoms with Crippen LogP contribution < -0.4 is 9.64 Å². The van der Waals surface area contributed by atoms with Crippen LogP contribution in [0.15, 0.2) is 24.3 Å². The molecule has 1 N–H and O–H groups in total. The molecule has 10 nitrogen and oxygen atoms in total. The Labute approximate surface area is 219 Å². The van der Waals surface area contributed by atoms with Crippen LogP contribution >= 0.6 is 7.60 Å². The van der Waals surface area contributed by atoms with Crippen molar-refractivity contribution in [1.82, 2.24) is 14.9 Å². The van der Waals surface area contributed by atoms with Gasteiger partial charge in [-0.1, -0.05) is 18.1 Å². The number of imidazole rings is 1. The monoisotopic (exact) mass is 532 g/mol. The lowest BCUT2D eigenvalue weighted by Crippen LogP contribution is -2.31. The molecule has 2 aromatic rings. The molecule has 0 aliphatic rings. The van der Waals surface area contributed by atoms with Gasteiger partial charge in [0.25, 0.3) is 5.91 Å². The van der Waals surface area contributed by atoms with Crippen LogP contribution in [0.5, 0.6) is 5.75 Å². The molecular weight excluding hydrogens is 495 g/mol. The maximum Gasteiger partial charge on any atom is 0.330 e. The Morgan fingerprint density at radius 1 is 1.16 bits per heavy atom. The van der Waals surface area contributed by atoms with Crippen molar-refractivity contribution >= 4 is 25.7 Å². The van der Waals surface area contributed by atoms with Crippen molar-refractivity contribution in [2.45, 2.75) is 39.5 Å². The van der Waals surface area contributed by atoms with E-state index in [2.05, 4.69) is 15.9 Å². The average Bonchev–Trinajstić information content (AvgIpc) is 3.31. The summed E-state index contributed by atoms with van der Waals surface area (Å²) >= 11 is 0. The van der Waals surface area contributed by atoms with E-state index < -0.39 is 7.60 Å². The van der Waals surface area contributed by atoms with Gasteiger partial charge < -0.3 is 23.7 Å². The van der Waals surface area contributed by atoms with Gasteiger partial charge in [-0.2, -0.15) is 0 Å². The number of ether oxygens (including phenoxy) is 1. The van der Waals surface area contributed by atoms with Crippen LogP contribution in [0, 0.1) is 12.3 Å². The first-order valence-electron chi connectivity index (χ1n) is 12.3. The molecule has 11 heteroatoms. The number of rotatable bonds is 17. The van der Waals surface area contributed by atoms with Gasteiger partial charge in [-0.05, 0) is 50.8 Å². The molecule has 202 valence electrons. The molecule has 0 bridgehead atoms. The summed E-state index contributed by atoms with van der Waals surface area (Å²) < 4.78 is 28.5. The number of hydrogen-bond donors (Lipinski definition) is 1. The quantitative estimate of drug-likeness (QED) is 0.142. The van der Waals surface area contributed by atoms with E-state index in [-0.39, 0.29) is 36.7 Å². The second-order valence-corrected chi connectivity index (χ2v) is 10.5. The first-order chi connectivity index (χ1) is 17.8. The minimum absolute atomic E-state index is 0.115. The molecule has 0 atom stereocenters. The predicted molar refractivity (Wildman–Crippen MR) is 143 cm³/mol. The van der Waals surface area contributed by atoms with Gasteiger partial charge in [-0.15, -0.1) is 6.42 Å². The zero-order valence-corrected chi connectivity index (χ0v) is 23.0. The normalized spacial score (nSPS) is 11.1. The number of unbranched alkanes of at least 4 members (excludes halogenated alkanes) is 1. The summed E-state index contributed by atoms with van der Waals surface area (Å²) in [6.07, 6.45) is 8.50. The zero-order chi connectivity index (χ0) is 27.3. The van der Waals surface area contributed by atoms with E-state index in [1.807, 2.05) is 24.3 Å². The fourth-order valence-electron chi connectivity index (χ4n) is 3.70. The lowest BCUT2D eigenvalue weighted by Gasteiger charge is -2.20. The van der Waals surface area contributed by atoms with Gasteiger partial charge in [0.1, 0.15) is 17.3 Å². The number of anilines is 1. The Hall–Kier alpha value is -3.12. The molecule has 0 aliphatic carbocycles. The lowest BCUT2D eigenvalue weighted by atomic mass is 10.1. The number of nitrogens with one attached hydrogen (secondary N) is 1. The molecule has 1 aromatic heterocycles. The third-order valence-electron chi connectivity index (χ3n) is 5.56. The van der Waals surface area contributed by atoms with Gasteiger partial charge in [-0.25, -0.2) is 4.98 Å². The van der Waals surface area contributed by atoms with Crippen molar-refractivity contribution in [3.8, 4) is 18.1 Å². The van der Waals surface area contributed by atoms with Gasteiger partial charge in [0.15, 0.2) is 5.82 Å². The number of carbonyl (C=O) groups is 2. The molecular formula is C26H37N4O6P. The number of aromatic nitrogens is 2. The molecule has 1 heterocycles. The summed E-state index contributed by atoms with van der Waals surface area (Å²) in [5.74, 6) is 3.68. The van der Waals surface area contributed by atoms with Crippen LogP contribution in [0.3, 0.4) is 0 Å². The highest BCUT2D eigenvalue weighted by Crippen LogP contribution is 2.48. The summed E-state index contributed by atoms with van der Waals surface area (Å²) in [6.45, 7) is 4.51. The summed E-state index contributed by atoms with van der Waals surface area (Å²) in [6, 6.07) is 7.71. The van der Waals surface area contributed by atoms with Crippen LogP contribution in [-0.2, 0) is 31.2 Å². The lowest BCUT2D eigenvalue weighted by molar-refractivity contribution is -0.107. The first kappa shape index (κ1) is 30.1. The molecule has 37 heavy (non-hydrogen) atoms. The van der Waals surface area contributed by atoms with Crippen molar-refractivity contribution in [2.75, 3.05) is 51.5 Å². The molecule has 0 fully saturated rings. The number of methoxy groups -OCH3 is 1. The molecule has 1 aromatic carbocycles.